The second kappa shape index (κ2) is 9.14. The Hall–Kier alpha value is -3.45. The maximum absolute atomic E-state index is 12.5. The number of carbonyl (C=O) groups is 3. The van der Waals surface area contributed by atoms with E-state index < -0.39 is 17.7 Å². The molecule has 0 atom stereocenters. The van der Waals surface area contributed by atoms with Gasteiger partial charge in [0.25, 0.3) is 11.8 Å². The van der Waals surface area contributed by atoms with E-state index in [1.165, 1.54) is 0 Å². The van der Waals surface area contributed by atoms with Gasteiger partial charge in [-0.2, -0.15) is 0 Å². The molecule has 1 N–H and O–H groups in total. The summed E-state index contributed by atoms with van der Waals surface area (Å²) in [5.74, 6) is -0.590. The highest BCUT2D eigenvalue weighted by molar-refractivity contribution is 9.10. The number of hydrogen-bond acceptors (Lipinski definition) is 4. The van der Waals surface area contributed by atoms with E-state index in [0.717, 1.165) is 21.8 Å². The number of benzene rings is 3. The largest absolute Gasteiger partial charge is 0.489 e. The third-order valence-electron chi connectivity index (χ3n) is 4.90. The Morgan fingerprint density at radius 3 is 2.32 bits per heavy atom. The first-order valence-corrected chi connectivity index (χ1v) is 10.5. The molecule has 3 aromatic rings. The molecular weight excluding hydrogens is 460 g/mol. The van der Waals surface area contributed by atoms with Crippen molar-refractivity contribution in [2.75, 3.05) is 6.54 Å². The van der Waals surface area contributed by atoms with Crippen LogP contribution in [0.5, 0.6) is 5.75 Å². The lowest BCUT2D eigenvalue weighted by atomic mass is 10.1. The Labute approximate surface area is 188 Å². The molecular formula is C24H19BrN2O4. The minimum absolute atomic E-state index is 0.284. The zero-order valence-corrected chi connectivity index (χ0v) is 18.1. The van der Waals surface area contributed by atoms with E-state index in [-0.39, 0.29) is 13.1 Å². The minimum Gasteiger partial charge on any atom is -0.489 e. The van der Waals surface area contributed by atoms with Crippen molar-refractivity contribution in [2.24, 2.45) is 0 Å². The summed E-state index contributed by atoms with van der Waals surface area (Å²) in [5, 5.41) is 2.75. The second-order valence-electron chi connectivity index (χ2n) is 7.08. The molecule has 0 saturated carbocycles. The molecule has 0 aliphatic carbocycles. The van der Waals surface area contributed by atoms with Crippen LogP contribution in [-0.4, -0.2) is 29.2 Å². The van der Waals surface area contributed by atoms with Gasteiger partial charge in [0.2, 0.25) is 5.91 Å². The van der Waals surface area contributed by atoms with Crippen molar-refractivity contribution < 1.29 is 19.1 Å². The Morgan fingerprint density at radius 1 is 0.871 bits per heavy atom. The third-order valence-corrected chi connectivity index (χ3v) is 5.39. The lowest BCUT2D eigenvalue weighted by molar-refractivity contribution is -0.121. The van der Waals surface area contributed by atoms with Gasteiger partial charge in [0.15, 0.2) is 0 Å². The van der Waals surface area contributed by atoms with Crippen molar-refractivity contribution in [3.05, 3.63) is 99.5 Å². The number of nitrogens with one attached hydrogen (secondary N) is 1. The Kier molecular flexibility index (Phi) is 6.13. The van der Waals surface area contributed by atoms with Crippen molar-refractivity contribution in [2.45, 2.75) is 13.2 Å². The molecule has 0 unspecified atom stereocenters. The molecule has 1 aliphatic rings. The minimum atomic E-state index is -0.462. The van der Waals surface area contributed by atoms with Crippen molar-refractivity contribution in [3.63, 3.8) is 0 Å². The van der Waals surface area contributed by atoms with Crippen LogP contribution in [0.2, 0.25) is 0 Å². The van der Waals surface area contributed by atoms with Gasteiger partial charge in [0.1, 0.15) is 18.9 Å². The van der Waals surface area contributed by atoms with E-state index in [1.54, 1.807) is 18.2 Å². The number of fused-ring (bicyclic) bond motifs is 1. The molecule has 1 heterocycles. The van der Waals surface area contributed by atoms with Gasteiger partial charge in [-0.3, -0.25) is 19.3 Å². The maximum Gasteiger partial charge on any atom is 0.262 e. The molecule has 31 heavy (non-hydrogen) atoms. The zero-order chi connectivity index (χ0) is 21.8. The number of hydrogen-bond donors (Lipinski definition) is 1. The second-order valence-corrected chi connectivity index (χ2v) is 8.00. The fraction of sp³-hybridized carbons (Fsp3) is 0.125. The van der Waals surface area contributed by atoms with Gasteiger partial charge in [0, 0.05) is 11.0 Å². The molecule has 0 radical (unpaired) electrons. The first-order valence-electron chi connectivity index (χ1n) is 9.69. The molecule has 0 fully saturated rings. The number of imide groups is 1. The van der Waals surface area contributed by atoms with Crippen molar-refractivity contribution >= 4 is 33.7 Å². The van der Waals surface area contributed by atoms with Gasteiger partial charge in [-0.25, -0.2) is 0 Å². The van der Waals surface area contributed by atoms with Gasteiger partial charge in [-0.15, -0.1) is 0 Å². The molecule has 0 bridgehead atoms. The standard InChI is InChI=1S/C24H19BrN2O4/c25-18-8-11-20-21(12-18)24(30)27(23(20)29)14-22(28)26-13-16-6-9-19(10-7-16)31-15-17-4-2-1-3-5-17/h1-12H,13-15H2,(H,26,28). The number of ether oxygens (including phenoxy) is 1. The summed E-state index contributed by atoms with van der Waals surface area (Å²) in [4.78, 5) is 38.2. The maximum atomic E-state index is 12.5. The highest BCUT2D eigenvalue weighted by atomic mass is 79.9. The van der Waals surface area contributed by atoms with Crippen molar-refractivity contribution in [3.8, 4) is 5.75 Å². The normalized spacial score (nSPS) is 12.6. The van der Waals surface area contributed by atoms with Gasteiger partial charge in [-0.05, 0) is 41.5 Å². The molecule has 0 spiro atoms. The van der Waals surface area contributed by atoms with E-state index in [9.17, 15) is 14.4 Å². The summed E-state index contributed by atoms with van der Waals surface area (Å²) in [6.45, 7) is 0.447. The van der Waals surface area contributed by atoms with E-state index in [4.69, 9.17) is 4.74 Å². The lowest BCUT2D eigenvalue weighted by Gasteiger charge is -2.14. The van der Waals surface area contributed by atoms with Crippen LogP contribution in [0, 0.1) is 0 Å². The third kappa shape index (κ3) is 4.83. The number of nitrogens with zero attached hydrogens (tertiary/aromatic N) is 1. The Bertz CT molecular complexity index is 1130. The molecule has 0 aromatic heterocycles. The monoisotopic (exact) mass is 478 g/mol. The van der Waals surface area contributed by atoms with Crippen LogP contribution < -0.4 is 10.1 Å². The van der Waals surface area contributed by atoms with Crippen LogP contribution in [0.3, 0.4) is 0 Å². The van der Waals surface area contributed by atoms with Crippen LogP contribution in [0.4, 0.5) is 0 Å². The summed E-state index contributed by atoms with van der Waals surface area (Å²) in [5.41, 5.74) is 2.58. The first kappa shape index (κ1) is 20.8. The molecule has 3 amide bonds. The number of halogens is 1. The SMILES string of the molecule is O=C(CN1C(=O)c2ccc(Br)cc2C1=O)NCc1ccc(OCc2ccccc2)cc1. The molecule has 4 rings (SSSR count). The molecule has 3 aromatic carbocycles. The van der Waals surface area contributed by atoms with Crippen LogP contribution in [0.15, 0.2) is 77.3 Å². The Morgan fingerprint density at radius 2 is 1.58 bits per heavy atom. The van der Waals surface area contributed by atoms with Gasteiger partial charge < -0.3 is 10.1 Å². The van der Waals surface area contributed by atoms with Crippen LogP contribution >= 0.6 is 15.9 Å². The van der Waals surface area contributed by atoms with E-state index in [2.05, 4.69) is 21.2 Å². The molecule has 7 heteroatoms. The molecule has 156 valence electrons. The first-order chi connectivity index (χ1) is 15.0. The average Bonchev–Trinajstić information content (AvgIpc) is 3.02. The highest BCUT2D eigenvalue weighted by Crippen LogP contribution is 2.25. The summed E-state index contributed by atoms with van der Waals surface area (Å²) in [6.07, 6.45) is 0. The average molecular weight is 479 g/mol. The molecule has 6 nitrogen and oxygen atoms in total. The zero-order valence-electron chi connectivity index (χ0n) is 16.5. The summed E-state index contributed by atoms with van der Waals surface area (Å²) in [7, 11) is 0. The van der Waals surface area contributed by atoms with E-state index >= 15 is 0 Å². The quantitative estimate of drug-likeness (QED) is 0.521. The predicted molar refractivity (Wildman–Crippen MR) is 119 cm³/mol. The number of carbonyl (C=O) groups excluding carboxylic acids is 3. The van der Waals surface area contributed by atoms with Gasteiger partial charge in [-0.1, -0.05) is 58.4 Å². The smallest absolute Gasteiger partial charge is 0.262 e. The number of rotatable bonds is 7. The van der Waals surface area contributed by atoms with Gasteiger partial charge in [0.05, 0.1) is 11.1 Å². The van der Waals surface area contributed by atoms with Gasteiger partial charge >= 0.3 is 0 Å². The van der Waals surface area contributed by atoms with Crippen molar-refractivity contribution in [1.29, 1.82) is 0 Å². The fourth-order valence-corrected chi connectivity index (χ4v) is 3.61. The summed E-state index contributed by atoms with van der Waals surface area (Å²) >= 11 is 3.29. The highest BCUT2D eigenvalue weighted by Gasteiger charge is 2.36. The number of amides is 3. The summed E-state index contributed by atoms with van der Waals surface area (Å²) < 4.78 is 6.46. The topological polar surface area (TPSA) is 75.7 Å². The van der Waals surface area contributed by atoms with E-state index in [0.29, 0.717) is 22.2 Å². The van der Waals surface area contributed by atoms with Crippen molar-refractivity contribution in [1.82, 2.24) is 10.2 Å². The lowest BCUT2D eigenvalue weighted by Crippen LogP contribution is -2.40. The van der Waals surface area contributed by atoms with Crippen LogP contribution in [0.1, 0.15) is 31.8 Å². The molecule has 1 aliphatic heterocycles. The Balaban J connectivity index is 1.28. The van der Waals surface area contributed by atoms with Crippen LogP contribution in [0.25, 0.3) is 0 Å². The predicted octanol–water partition coefficient (Wildman–Crippen LogP) is 3.94. The summed E-state index contributed by atoms with van der Waals surface area (Å²) in [6, 6.07) is 22.2. The van der Waals surface area contributed by atoms with E-state index in [1.807, 2.05) is 54.6 Å². The fourth-order valence-electron chi connectivity index (χ4n) is 3.25. The molecule has 0 saturated heterocycles. The van der Waals surface area contributed by atoms with Crippen LogP contribution in [-0.2, 0) is 17.9 Å².